The Hall–Kier alpha value is -4.85. The molecule has 63 heavy (non-hydrogen) atoms. The molecule has 4 aromatic rings. The van der Waals surface area contributed by atoms with Crippen LogP contribution in [0.5, 0.6) is 0 Å². The van der Waals surface area contributed by atoms with Gasteiger partial charge in [0.25, 0.3) is 0 Å². The van der Waals surface area contributed by atoms with Gasteiger partial charge in [0.1, 0.15) is 31.5 Å². The van der Waals surface area contributed by atoms with Crippen molar-refractivity contribution in [2.45, 2.75) is 134 Å². The second kappa shape index (κ2) is 19.1. The molecule has 3 aromatic heterocycles. The minimum atomic E-state index is -1.34. The number of carbonyl (C=O) groups is 3. The van der Waals surface area contributed by atoms with Gasteiger partial charge in [0, 0.05) is 82.9 Å². The fraction of sp³-hybridized carbons (Fsp3) is 0.565. The minimum absolute atomic E-state index is 0.0561. The Labute approximate surface area is 374 Å². The Morgan fingerprint density at radius 3 is 2.10 bits per heavy atom. The van der Waals surface area contributed by atoms with Gasteiger partial charge in [-0.05, 0) is 76.2 Å². The Morgan fingerprint density at radius 1 is 0.857 bits per heavy atom. The van der Waals surface area contributed by atoms with Gasteiger partial charge in [0.05, 0.1) is 12.7 Å². The summed E-state index contributed by atoms with van der Waals surface area (Å²) in [6.45, 7) is 22.0. The van der Waals surface area contributed by atoms with Crippen LogP contribution in [0, 0.1) is 0 Å². The van der Waals surface area contributed by atoms with Gasteiger partial charge in [0.2, 0.25) is 5.91 Å². The topological polar surface area (TPSA) is 144 Å². The van der Waals surface area contributed by atoms with Gasteiger partial charge in [-0.25, -0.2) is 24.6 Å². The first-order chi connectivity index (χ1) is 29.8. The quantitative estimate of drug-likeness (QED) is 0.0603. The van der Waals surface area contributed by atoms with E-state index >= 15 is 0 Å². The van der Waals surface area contributed by atoms with Crippen LogP contribution >= 0.6 is 0 Å². The lowest BCUT2D eigenvalue weighted by molar-refractivity contribution is -0.118. The first-order valence-electron chi connectivity index (χ1n) is 22.4. The molecule has 0 N–H and O–H groups in total. The van der Waals surface area contributed by atoms with Crippen LogP contribution in [0.15, 0.2) is 60.9 Å². The van der Waals surface area contributed by atoms with Crippen LogP contribution in [0.2, 0.25) is 51.4 Å². The zero-order valence-electron chi connectivity index (χ0n) is 38.6. The molecule has 3 saturated heterocycles. The summed E-state index contributed by atoms with van der Waals surface area (Å²) in [4.78, 5) is 54.0. The van der Waals surface area contributed by atoms with Gasteiger partial charge >= 0.3 is 12.2 Å². The number of hydrogen-bond donors (Lipinski definition) is 0. The van der Waals surface area contributed by atoms with Gasteiger partial charge < -0.3 is 28.7 Å². The summed E-state index contributed by atoms with van der Waals surface area (Å²) < 4.78 is 26.1. The molecular weight excluding hydrogens is 833 g/mol. The predicted octanol–water partition coefficient (Wildman–Crippen LogP) is 9.16. The summed E-state index contributed by atoms with van der Waals surface area (Å²) in [6.07, 6.45) is 6.17. The number of fused-ring (bicyclic) bond motifs is 3. The van der Waals surface area contributed by atoms with Crippen LogP contribution in [-0.2, 0) is 30.3 Å². The summed E-state index contributed by atoms with van der Waals surface area (Å²) in [6, 6.07) is 17.4. The molecule has 1 aromatic carbocycles. The van der Waals surface area contributed by atoms with Crippen molar-refractivity contribution in [1.82, 2.24) is 29.5 Å². The third kappa shape index (κ3) is 11.7. The highest BCUT2D eigenvalue weighted by Crippen LogP contribution is 2.44. The van der Waals surface area contributed by atoms with E-state index in [9.17, 15) is 14.4 Å². The number of pyridine rings is 1. The Balaban J connectivity index is 1.20. The highest BCUT2D eigenvalue weighted by molar-refractivity contribution is 6.76. The molecule has 0 spiro atoms. The van der Waals surface area contributed by atoms with Crippen molar-refractivity contribution in [1.29, 1.82) is 0 Å². The van der Waals surface area contributed by atoms with Crippen LogP contribution in [0.25, 0.3) is 16.8 Å². The Morgan fingerprint density at radius 2 is 1.51 bits per heavy atom. The Kier molecular flexibility index (Phi) is 14.0. The van der Waals surface area contributed by atoms with Crippen LogP contribution in [0.3, 0.4) is 0 Å². The maximum absolute atomic E-state index is 13.4. The van der Waals surface area contributed by atoms with Gasteiger partial charge in [0.15, 0.2) is 11.5 Å². The number of rotatable bonds is 16. The van der Waals surface area contributed by atoms with Crippen LogP contribution in [0.4, 0.5) is 21.2 Å². The van der Waals surface area contributed by atoms with Crippen molar-refractivity contribution in [3.05, 3.63) is 72.2 Å². The molecule has 0 unspecified atom stereocenters. The number of benzene rings is 1. The number of hydrazine groups is 1. The molecule has 0 aliphatic carbocycles. The molecule has 0 saturated carbocycles. The lowest BCUT2D eigenvalue weighted by Gasteiger charge is -2.39. The zero-order chi connectivity index (χ0) is 45.1. The average Bonchev–Trinajstić information content (AvgIpc) is 3.90. The molecule has 3 atom stereocenters. The molecular formula is C46H66N8O7Si2. The van der Waals surface area contributed by atoms with E-state index in [0.29, 0.717) is 38.1 Å². The number of hydrogen-bond acceptors (Lipinski definition) is 11. The van der Waals surface area contributed by atoms with Crippen molar-refractivity contribution >= 4 is 51.5 Å². The first-order valence-corrected chi connectivity index (χ1v) is 29.8. The molecule has 3 fully saturated rings. The SMILES string of the molecule is CC(C)(C)OC(=O)N1[C@@H]2CC[C@H]1C[C@@H](c1cc(N(COCC[Si](C)(C)C)COCC[Si](C)(C)C)n3ncc(-c4ccc(N5C(=O)CCN5C(=O)OCc5ccccc5)nc4)c3n1)C2. The highest BCUT2D eigenvalue weighted by atomic mass is 28.3. The summed E-state index contributed by atoms with van der Waals surface area (Å²) in [5.74, 6) is 0.961. The largest absolute Gasteiger partial charge is 0.444 e. The number of piperidine rings is 1. The van der Waals surface area contributed by atoms with Crippen molar-refractivity contribution < 1.29 is 33.3 Å². The lowest BCUT2D eigenvalue weighted by Crippen LogP contribution is -2.48. The van der Waals surface area contributed by atoms with Crippen LogP contribution in [-0.4, -0.2) is 115 Å². The van der Waals surface area contributed by atoms with E-state index in [1.54, 1.807) is 18.5 Å². The minimum Gasteiger partial charge on any atom is -0.444 e. The predicted molar refractivity (Wildman–Crippen MR) is 249 cm³/mol. The average molecular weight is 899 g/mol. The smallest absolute Gasteiger partial charge is 0.429 e. The second-order valence-corrected chi connectivity index (χ2v) is 31.8. The fourth-order valence-corrected chi connectivity index (χ4v) is 9.85. The first kappa shape index (κ1) is 46.2. The van der Waals surface area contributed by atoms with Crippen LogP contribution < -0.4 is 9.91 Å². The van der Waals surface area contributed by atoms with Gasteiger partial charge in [-0.3, -0.25) is 4.79 Å². The third-order valence-corrected chi connectivity index (χ3v) is 15.2. The number of ether oxygens (including phenoxy) is 4. The van der Waals surface area contributed by atoms with E-state index in [2.05, 4.69) is 50.2 Å². The summed E-state index contributed by atoms with van der Waals surface area (Å²) in [5, 5.41) is 7.52. The van der Waals surface area contributed by atoms with E-state index in [1.165, 1.54) is 10.0 Å². The number of anilines is 2. The van der Waals surface area contributed by atoms with Crippen molar-refractivity contribution in [3.8, 4) is 11.1 Å². The fourth-order valence-electron chi connectivity index (χ4n) is 8.34. The highest BCUT2D eigenvalue weighted by Gasteiger charge is 2.46. The van der Waals surface area contributed by atoms with Crippen LogP contribution in [0.1, 0.15) is 70.1 Å². The summed E-state index contributed by atoms with van der Waals surface area (Å²) in [5.41, 5.74) is 3.36. The maximum Gasteiger partial charge on any atom is 0.429 e. The van der Waals surface area contributed by atoms with E-state index in [1.807, 2.05) is 66.6 Å². The summed E-state index contributed by atoms with van der Waals surface area (Å²) >= 11 is 0. The van der Waals surface area contributed by atoms with Gasteiger partial charge in [-0.2, -0.15) is 14.6 Å². The molecule has 3 aliphatic heterocycles. The Bertz CT molecular complexity index is 2190. The van der Waals surface area contributed by atoms with E-state index in [4.69, 9.17) is 34.0 Å². The molecule has 0 radical (unpaired) electrons. The molecule has 7 rings (SSSR count). The number of nitrogens with zero attached hydrogens (tertiary/aromatic N) is 8. The standard InChI is InChI=1S/C46H66N8O7Si2/c1-46(2,3)61-45(57)52-36-16-17-37(52)26-35(25-36)39-27-41(50(31-58-21-23-62(4,5)6)32-59-22-24-63(7,8)9)53-43(49-39)38(29-48-53)34-15-18-40(47-28-34)54-42(55)19-20-51(54)44(56)60-30-33-13-11-10-12-14-33/h10-15,18,27-29,35-37H,16-17,19-26,30-32H2,1-9H3/t35-,36+,37-. The molecule has 17 heteroatoms. The van der Waals surface area contributed by atoms with Crippen molar-refractivity contribution in [2.24, 2.45) is 0 Å². The normalized spacial score (nSPS) is 19.3. The molecule has 15 nitrogen and oxygen atoms in total. The van der Waals surface area contributed by atoms with E-state index < -0.39 is 27.8 Å². The van der Waals surface area contributed by atoms with Crippen molar-refractivity contribution in [2.75, 3.05) is 43.1 Å². The second-order valence-electron chi connectivity index (χ2n) is 20.5. The lowest BCUT2D eigenvalue weighted by atomic mass is 9.88. The maximum atomic E-state index is 13.4. The third-order valence-electron chi connectivity index (χ3n) is 11.7. The van der Waals surface area contributed by atoms with E-state index in [0.717, 1.165) is 66.0 Å². The molecule has 6 heterocycles. The van der Waals surface area contributed by atoms with Gasteiger partial charge in [-0.1, -0.05) is 69.6 Å². The number of carbonyl (C=O) groups excluding carboxylic acids is 3. The van der Waals surface area contributed by atoms with Crippen molar-refractivity contribution in [3.63, 3.8) is 0 Å². The zero-order valence-corrected chi connectivity index (χ0v) is 40.6. The monoisotopic (exact) mass is 898 g/mol. The molecule has 3 aliphatic rings. The number of aromatic nitrogens is 4. The number of amides is 3. The molecule has 2 bridgehead atoms. The van der Waals surface area contributed by atoms with Gasteiger partial charge in [-0.15, -0.1) is 0 Å². The summed E-state index contributed by atoms with van der Waals surface area (Å²) in [7, 11) is -2.67. The molecule has 340 valence electrons. The van der Waals surface area contributed by atoms with E-state index in [-0.39, 0.29) is 49.6 Å². The molecule has 3 amide bonds.